The summed E-state index contributed by atoms with van der Waals surface area (Å²) in [7, 11) is 0. The number of rotatable bonds is 5. The molecular weight excluding hydrogens is 334 g/mol. The summed E-state index contributed by atoms with van der Waals surface area (Å²) in [4.78, 5) is 19.6. The summed E-state index contributed by atoms with van der Waals surface area (Å²) in [5.74, 6) is 3.16. The number of hydrogen-bond acceptors (Lipinski definition) is 3. The van der Waals surface area contributed by atoms with Crippen LogP contribution in [0.4, 0.5) is 0 Å². The minimum atomic E-state index is 0.137. The van der Waals surface area contributed by atoms with Gasteiger partial charge in [-0.25, -0.2) is 0 Å². The molecule has 3 fully saturated rings. The van der Waals surface area contributed by atoms with E-state index in [0.717, 1.165) is 50.0 Å². The van der Waals surface area contributed by atoms with Gasteiger partial charge in [0.05, 0.1) is 0 Å². The van der Waals surface area contributed by atoms with Crippen molar-refractivity contribution in [3.63, 3.8) is 0 Å². The van der Waals surface area contributed by atoms with Crippen molar-refractivity contribution in [2.45, 2.75) is 72.3 Å². The number of piperidine rings is 1. The van der Waals surface area contributed by atoms with E-state index in [-0.39, 0.29) is 5.92 Å². The molecule has 27 heavy (non-hydrogen) atoms. The number of piperazine rings is 1. The summed E-state index contributed by atoms with van der Waals surface area (Å²) in [5.41, 5.74) is 0. The van der Waals surface area contributed by atoms with E-state index < -0.39 is 0 Å². The van der Waals surface area contributed by atoms with Crippen LogP contribution in [0.1, 0.15) is 66.2 Å². The second-order valence-electron chi connectivity index (χ2n) is 10.1. The van der Waals surface area contributed by atoms with E-state index in [1.54, 1.807) is 0 Å². The third-order valence-corrected chi connectivity index (χ3v) is 7.54. The molecule has 2 heterocycles. The van der Waals surface area contributed by atoms with Gasteiger partial charge in [0.1, 0.15) is 0 Å². The van der Waals surface area contributed by atoms with E-state index in [2.05, 4.69) is 28.5 Å². The summed E-state index contributed by atoms with van der Waals surface area (Å²) < 4.78 is 0. The Morgan fingerprint density at radius 2 is 1.41 bits per heavy atom. The fraction of sp³-hybridized carbons (Fsp3) is 0.957. The van der Waals surface area contributed by atoms with Crippen LogP contribution >= 0.6 is 0 Å². The smallest absolute Gasteiger partial charge is 0.225 e. The van der Waals surface area contributed by atoms with Gasteiger partial charge in [0.15, 0.2) is 0 Å². The van der Waals surface area contributed by atoms with Gasteiger partial charge in [0.2, 0.25) is 5.91 Å². The Bertz CT molecular complexity index is 454. The lowest BCUT2D eigenvalue weighted by Gasteiger charge is -2.43. The van der Waals surface area contributed by atoms with Crippen molar-refractivity contribution >= 4 is 5.91 Å². The molecule has 4 nitrogen and oxygen atoms in total. The average Bonchev–Trinajstić information content (AvgIpc) is 2.68. The monoisotopic (exact) mass is 377 g/mol. The number of carbonyl (C=O) groups is 1. The van der Waals surface area contributed by atoms with Gasteiger partial charge in [-0.2, -0.15) is 0 Å². The fourth-order valence-electron chi connectivity index (χ4n) is 5.52. The van der Waals surface area contributed by atoms with Crippen LogP contribution in [0.5, 0.6) is 0 Å². The molecule has 0 unspecified atom stereocenters. The van der Waals surface area contributed by atoms with E-state index in [4.69, 9.17) is 0 Å². The fourth-order valence-corrected chi connectivity index (χ4v) is 5.52. The zero-order valence-corrected chi connectivity index (χ0v) is 18.3. The predicted molar refractivity (Wildman–Crippen MR) is 113 cm³/mol. The first kappa shape index (κ1) is 21.1. The lowest BCUT2D eigenvalue weighted by molar-refractivity contribution is -0.136. The molecule has 0 aromatic heterocycles. The van der Waals surface area contributed by atoms with Gasteiger partial charge < -0.3 is 9.80 Å². The average molecular weight is 378 g/mol. The predicted octanol–water partition coefficient (Wildman–Crippen LogP) is 3.71. The summed E-state index contributed by atoms with van der Waals surface area (Å²) in [6, 6.07) is 0.856. The molecule has 0 atom stereocenters. The highest BCUT2D eigenvalue weighted by Crippen LogP contribution is 2.32. The Balaban J connectivity index is 1.34. The van der Waals surface area contributed by atoms with Crippen molar-refractivity contribution < 1.29 is 4.79 Å². The Labute approximate surface area is 167 Å². The van der Waals surface area contributed by atoms with Gasteiger partial charge in [0, 0.05) is 44.7 Å². The van der Waals surface area contributed by atoms with E-state index >= 15 is 0 Å². The molecule has 4 heteroatoms. The highest BCUT2D eigenvalue weighted by molar-refractivity contribution is 5.78. The van der Waals surface area contributed by atoms with Crippen LogP contribution in [0, 0.1) is 23.7 Å². The molecule has 0 N–H and O–H groups in total. The molecule has 3 aliphatic rings. The molecule has 0 spiro atoms. The molecule has 2 saturated heterocycles. The largest absolute Gasteiger partial charge is 0.340 e. The quantitative estimate of drug-likeness (QED) is 0.731. The van der Waals surface area contributed by atoms with E-state index in [9.17, 15) is 4.79 Å². The molecule has 0 aromatic carbocycles. The summed E-state index contributed by atoms with van der Waals surface area (Å²) in [6.07, 6.45) is 8.44. The van der Waals surface area contributed by atoms with Gasteiger partial charge in [0.25, 0.3) is 0 Å². The molecule has 3 rings (SSSR count). The normalized spacial score (nSPS) is 29.6. The minimum absolute atomic E-state index is 0.137. The highest BCUT2D eigenvalue weighted by Gasteiger charge is 2.31. The first-order chi connectivity index (χ1) is 12.9. The topological polar surface area (TPSA) is 26.8 Å². The third kappa shape index (κ3) is 5.69. The maximum atomic E-state index is 12.1. The Morgan fingerprint density at radius 1 is 0.815 bits per heavy atom. The van der Waals surface area contributed by atoms with Crippen LogP contribution < -0.4 is 0 Å². The second kappa shape index (κ2) is 9.73. The Hall–Kier alpha value is -0.610. The summed E-state index contributed by atoms with van der Waals surface area (Å²) >= 11 is 0. The molecular formula is C23H43N3O. The maximum Gasteiger partial charge on any atom is 0.225 e. The molecule has 156 valence electrons. The molecule has 0 aromatic rings. The third-order valence-electron chi connectivity index (χ3n) is 7.54. The van der Waals surface area contributed by atoms with Crippen LogP contribution in [-0.2, 0) is 4.79 Å². The van der Waals surface area contributed by atoms with E-state index in [1.807, 2.05) is 13.8 Å². The minimum Gasteiger partial charge on any atom is -0.340 e. The van der Waals surface area contributed by atoms with Crippen LogP contribution in [0.3, 0.4) is 0 Å². The van der Waals surface area contributed by atoms with Crippen molar-refractivity contribution in [2.24, 2.45) is 23.7 Å². The van der Waals surface area contributed by atoms with Gasteiger partial charge >= 0.3 is 0 Å². The Kier molecular flexibility index (Phi) is 7.61. The van der Waals surface area contributed by atoms with E-state index in [0.29, 0.717) is 5.91 Å². The number of nitrogens with zero attached hydrogens (tertiary/aromatic N) is 3. The SMILES string of the molecule is CC(C)C(=O)N1CCN(CC2CCC(N3CCC(C(C)C)CC3)CC2)CC1. The summed E-state index contributed by atoms with van der Waals surface area (Å²) in [6.45, 7) is 16.7. The van der Waals surface area contributed by atoms with Gasteiger partial charge in [-0.1, -0.05) is 27.7 Å². The lowest BCUT2D eigenvalue weighted by atomic mass is 9.82. The van der Waals surface area contributed by atoms with Crippen molar-refractivity contribution in [1.82, 2.24) is 14.7 Å². The first-order valence-corrected chi connectivity index (χ1v) is 11.7. The van der Waals surface area contributed by atoms with Crippen molar-refractivity contribution in [3.05, 3.63) is 0 Å². The first-order valence-electron chi connectivity index (χ1n) is 11.7. The van der Waals surface area contributed by atoms with Crippen LogP contribution in [0.15, 0.2) is 0 Å². The number of carbonyl (C=O) groups excluding carboxylic acids is 1. The van der Waals surface area contributed by atoms with Crippen molar-refractivity contribution in [1.29, 1.82) is 0 Å². The van der Waals surface area contributed by atoms with Crippen LogP contribution in [0.25, 0.3) is 0 Å². The van der Waals surface area contributed by atoms with Gasteiger partial charge in [-0.3, -0.25) is 9.69 Å². The second-order valence-corrected chi connectivity index (χ2v) is 10.1. The molecule has 1 amide bonds. The highest BCUT2D eigenvalue weighted by atomic mass is 16.2. The van der Waals surface area contributed by atoms with Crippen molar-refractivity contribution in [3.8, 4) is 0 Å². The number of likely N-dealkylation sites (tertiary alicyclic amines) is 1. The van der Waals surface area contributed by atoms with Crippen molar-refractivity contribution in [2.75, 3.05) is 45.8 Å². The molecule has 1 aliphatic carbocycles. The number of hydrogen-bond donors (Lipinski definition) is 0. The zero-order chi connectivity index (χ0) is 19.4. The molecule has 2 aliphatic heterocycles. The van der Waals surface area contributed by atoms with Crippen LogP contribution in [0.2, 0.25) is 0 Å². The standard InChI is InChI=1S/C23H43N3O/c1-18(2)21-9-11-25(12-10-21)22-7-5-20(6-8-22)17-24-13-15-26(16-14-24)23(27)19(3)4/h18-22H,5-17H2,1-4H3. The van der Waals surface area contributed by atoms with Gasteiger partial charge in [-0.15, -0.1) is 0 Å². The maximum absolute atomic E-state index is 12.1. The molecule has 0 bridgehead atoms. The Morgan fingerprint density at radius 3 is 1.93 bits per heavy atom. The lowest BCUT2D eigenvalue weighted by Crippen LogP contribution is -2.51. The number of amides is 1. The molecule has 0 radical (unpaired) electrons. The zero-order valence-electron chi connectivity index (χ0n) is 18.3. The molecule has 1 saturated carbocycles. The summed E-state index contributed by atoms with van der Waals surface area (Å²) in [5, 5.41) is 0. The van der Waals surface area contributed by atoms with E-state index in [1.165, 1.54) is 58.2 Å². The van der Waals surface area contributed by atoms with Gasteiger partial charge in [-0.05, 0) is 69.4 Å². The van der Waals surface area contributed by atoms with Crippen LogP contribution in [-0.4, -0.2) is 72.5 Å².